The van der Waals surface area contributed by atoms with Gasteiger partial charge < -0.3 is 14.8 Å². The van der Waals surface area contributed by atoms with Crippen LogP contribution in [0.15, 0.2) is 48.5 Å². The Labute approximate surface area is 150 Å². The number of nitrogens with one attached hydrogen (secondary N) is 1. The average molecular weight is 341 g/mol. The Morgan fingerprint density at radius 2 is 1.84 bits per heavy atom. The minimum absolute atomic E-state index is 0.0407. The van der Waals surface area contributed by atoms with Crippen LogP contribution in [0.1, 0.15) is 43.7 Å². The van der Waals surface area contributed by atoms with Gasteiger partial charge in [0.1, 0.15) is 0 Å². The lowest BCUT2D eigenvalue weighted by atomic mass is 9.95. The standard InChI is InChI=1S/C21H27NO3/c1-4-13-25-19-12-11-16(14-20(19)24-3)15-22-21(23)18(5-2)17-9-7-6-8-10-17/h6-12,14,18H,4-5,13,15H2,1-3H3,(H,22,23). The topological polar surface area (TPSA) is 47.6 Å². The average Bonchev–Trinajstić information content (AvgIpc) is 2.66. The van der Waals surface area contributed by atoms with Crippen LogP contribution < -0.4 is 14.8 Å². The van der Waals surface area contributed by atoms with Gasteiger partial charge in [-0.25, -0.2) is 0 Å². The van der Waals surface area contributed by atoms with E-state index in [9.17, 15) is 4.79 Å². The second-order valence-electron chi connectivity index (χ2n) is 5.92. The molecule has 1 atom stereocenters. The third-order valence-corrected chi connectivity index (χ3v) is 4.08. The normalized spacial score (nSPS) is 11.6. The number of carbonyl (C=O) groups is 1. The predicted octanol–water partition coefficient (Wildman–Crippen LogP) is 4.29. The first kappa shape index (κ1) is 18.8. The van der Waals surface area contributed by atoms with E-state index < -0.39 is 0 Å². The second kappa shape index (κ2) is 9.72. The van der Waals surface area contributed by atoms with E-state index in [4.69, 9.17) is 9.47 Å². The van der Waals surface area contributed by atoms with Crippen molar-refractivity contribution in [1.82, 2.24) is 5.32 Å². The summed E-state index contributed by atoms with van der Waals surface area (Å²) in [4.78, 5) is 12.5. The van der Waals surface area contributed by atoms with Crippen LogP contribution in [0.25, 0.3) is 0 Å². The van der Waals surface area contributed by atoms with E-state index in [1.165, 1.54) is 0 Å². The van der Waals surface area contributed by atoms with E-state index in [1.807, 2.05) is 55.5 Å². The van der Waals surface area contributed by atoms with Crippen LogP contribution in [0.3, 0.4) is 0 Å². The number of carbonyl (C=O) groups excluding carboxylic acids is 1. The van der Waals surface area contributed by atoms with E-state index in [0.717, 1.165) is 29.7 Å². The monoisotopic (exact) mass is 341 g/mol. The van der Waals surface area contributed by atoms with Gasteiger partial charge in [0.25, 0.3) is 0 Å². The van der Waals surface area contributed by atoms with E-state index in [2.05, 4.69) is 12.2 Å². The summed E-state index contributed by atoms with van der Waals surface area (Å²) in [6.45, 7) is 5.21. The largest absolute Gasteiger partial charge is 0.493 e. The molecule has 4 nitrogen and oxygen atoms in total. The summed E-state index contributed by atoms with van der Waals surface area (Å²) < 4.78 is 11.0. The second-order valence-corrected chi connectivity index (χ2v) is 5.92. The lowest BCUT2D eigenvalue weighted by Gasteiger charge is -2.16. The number of rotatable bonds is 9. The molecule has 0 heterocycles. The van der Waals surface area contributed by atoms with Gasteiger partial charge >= 0.3 is 0 Å². The quantitative estimate of drug-likeness (QED) is 0.740. The summed E-state index contributed by atoms with van der Waals surface area (Å²) in [5.74, 6) is 1.33. The van der Waals surface area contributed by atoms with Crippen LogP contribution in [0, 0.1) is 0 Å². The number of methoxy groups -OCH3 is 1. The maximum atomic E-state index is 12.5. The molecule has 0 radical (unpaired) electrons. The molecule has 0 bridgehead atoms. The molecule has 0 aliphatic rings. The van der Waals surface area contributed by atoms with Gasteiger partial charge in [0.2, 0.25) is 5.91 Å². The minimum Gasteiger partial charge on any atom is -0.493 e. The Kier molecular flexibility index (Phi) is 7.33. The van der Waals surface area contributed by atoms with Gasteiger partial charge in [-0.15, -0.1) is 0 Å². The molecule has 2 rings (SSSR count). The van der Waals surface area contributed by atoms with E-state index in [1.54, 1.807) is 7.11 Å². The van der Waals surface area contributed by atoms with Crippen molar-refractivity contribution in [3.8, 4) is 11.5 Å². The fourth-order valence-corrected chi connectivity index (χ4v) is 2.72. The van der Waals surface area contributed by atoms with Crippen LogP contribution in [-0.4, -0.2) is 19.6 Å². The minimum atomic E-state index is -0.129. The third-order valence-electron chi connectivity index (χ3n) is 4.08. The summed E-state index contributed by atoms with van der Waals surface area (Å²) in [6, 6.07) is 15.6. The highest BCUT2D eigenvalue weighted by molar-refractivity contribution is 5.83. The van der Waals surface area contributed by atoms with Gasteiger partial charge in [0.15, 0.2) is 11.5 Å². The zero-order valence-electron chi connectivity index (χ0n) is 15.2. The highest BCUT2D eigenvalue weighted by atomic mass is 16.5. The molecule has 4 heteroatoms. The van der Waals surface area contributed by atoms with Crippen molar-refractivity contribution >= 4 is 5.91 Å². The third kappa shape index (κ3) is 5.24. The van der Waals surface area contributed by atoms with Gasteiger partial charge in [0, 0.05) is 6.54 Å². The number of benzene rings is 2. The van der Waals surface area contributed by atoms with Crippen molar-refractivity contribution in [3.63, 3.8) is 0 Å². The van der Waals surface area contributed by atoms with E-state index in [0.29, 0.717) is 18.9 Å². The molecule has 0 spiro atoms. The number of amides is 1. The lowest BCUT2D eigenvalue weighted by molar-refractivity contribution is -0.122. The van der Waals surface area contributed by atoms with Gasteiger partial charge in [-0.05, 0) is 36.1 Å². The molecule has 1 N–H and O–H groups in total. The number of hydrogen-bond donors (Lipinski definition) is 1. The summed E-state index contributed by atoms with van der Waals surface area (Å²) in [6.07, 6.45) is 1.71. The molecule has 1 unspecified atom stereocenters. The molecular weight excluding hydrogens is 314 g/mol. The molecule has 1 amide bonds. The molecule has 2 aromatic carbocycles. The molecule has 25 heavy (non-hydrogen) atoms. The highest BCUT2D eigenvalue weighted by Gasteiger charge is 2.18. The van der Waals surface area contributed by atoms with Crippen molar-refractivity contribution in [3.05, 3.63) is 59.7 Å². The van der Waals surface area contributed by atoms with Crippen LogP contribution >= 0.6 is 0 Å². The molecule has 0 aromatic heterocycles. The molecular formula is C21H27NO3. The first-order valence-corrected chi connectivity index (χ1v) is 8.81. The van der Waals surface area contributed by atoms with Crippen molar-refractivity contribution in [2.75, 3.05) is 13.7 Å². The summed E-state index contributed by atoms with van der Waals surface area (Å²) in [5, 5.41) is 3.03. The Morgan fingerprint density at radius 3 is 2.48 bits per heavy atom. The fraction of sp³-hybridized carbons (Fsp3) is 0.381. The molecule has 0 saturated carbocycles. The highest BCUT2D eigenvalue weighted by Crippen LogP contribution is 2.28. The summed E-state index contributed by atoms with van der Waals surface area (Å²) in [5.41, 5.74) is 2.03. The zero-order chi connectivity index (χ0) is 18.1. The number of ether oxygens (including phenoxy) is 2. The Morgan fingerprint density at radius 1 is 1.08 bits per heavy atom. The summed E-state index contributed by atoms with van der Waals surface area (Å²) >= 11 is 0. The molecule has 0 fully saturated rings. The van der Waals surface area contributed by atoms with E-state index >= 15 is 0 Å². The van der Waals surface area contributed by atoms with Gasteiger partial charge in [-0.1, -0.05) is 50.2 Å². The van der Waals surface area contributed by atoms with Crippen molar-refractivity contribution in [2.24, 2.45) is 0 Å². The molecule has 0 saturated heterocycles. The smallest absolute Gasteiger partial charge is 0.227 e. The first-order chi connectivity index (χ1) is 12.2. The lowest BCUT2D eigenvalue weighted by Crippen LogP contribution is -2.28. The van der Waals surface area contributed by atoms with Crippen LogP contribution in [0.5, 0.6) is 11.5 Å². The van der Waals surface area contributed by atoms with Crippen molar-refractivity contribution < 1.29 is 14.3 Å². The van der Waals surface area contributed by atoms with Crippen molar-refractivity contribution in [2.45, 2.75) is 39.2 Å². The SMILES string of the molecule is CCCOc1ccc(CNC(=O)C(CC)c2ccccc2)cc1OC. The Bertz CT molecular complexity index is 670. The van der Waals surface area contributed by atoms with Crippen LogP contribution in [-0.2, 0) is 11.3 Å². The van der Waals surface area contributed by atoms with Gasteiger partial charge in [-0.2, -0.15) is 0 Å². The summed E-state index contributed by atoms with van der Waals surface area (Å²) in [7, 11) is 1.62. The Hall–Kier alpha value is -2.49. The van der Waals surface area contributed by atoms with Crippen molar-refractivity contribution in [1.29, 1.82) is 0 Å². The van der Waals surface area contributed by atoms with Crippen LogP contribution in [0.4, 0.5) is 0 Å². The predicted molar refractivity (Wildman–Crippen MR) is 100 cm³/mol. The first-order valence-electron chi connectivity index (χ1n) is 8.81. The molecule has 0 aliphatic carbocycles. The van der Waals surface area contributed by atoms with Gasteiger partial charge in [0.05, 0.1) is 19.6 Å². The molecule has 2 aromatic rings. The maximum absolute atomic E-state index is 12.5. The fourth-order valence-electron chi connectivity index (χ4n) is 2.72. The molecule has 0 aliphatic heterocycles. The maximum Gasteiger partial charge on any atom is 0.227 e. The van der Waals surface area contributed by atoms with Crippen LogP contribution in [0.2, 0.25) is 0 Å². The Balaban J connectivity index is 2.01. The zero-order valence-corrected chi connectivity index (χ0v) is 15.2. The molecule has 134 valence electrons. The van der Waals surface area contributed by atoms with Gasteiger partial charge in [-0.3, -0.25) is 4.79 Å². The number of hydrogen-bond acceptors (Lipinski definition) is 3. The van der Waals surface area contributed by atoms with E-state index in [-0.39, 0.29) is 11.8 Å².